The zero-order valence-corrected chi connectivity index (χ0v) is 11.1. The van der Waals surface area contributed by atoms with E-state index in [-0.39, 0.29) is 11.9 Å². The maximum Gasteiger partial charge on any atom is 0.310 e. The van der Waals surface area contributed by atoms with Crippen molar-refractivity contribution in [2.75, 3.05) is 13.1 Å². The molecule has 2 N–H and O–H groups in total. The highest BCUT2D eigenvalue weighted by Crippen LogP contribution is 2.35. The summed E-state index contributed by atoms with van der Waals surface area (Å²) in [6, 6.07) is 0.135. The van der Waals surface area contributed by atoms with Gasteiger partial charge in [0.15, 0.2) is 0 Å². The van der Waals surface area contributed by atoms with Crippen molar-refractivity contribution in [1.82, 2.24) is 10.2 Å². The molecule has 1 amide bonds. The minimum atomic E-state index is -0.734. The van der Waals surface area contributed by atoms with E-state index in [1.54, 1.807) is 0 Å². The molecule has 0 bridgehead atoms. The minimum Gasteiger partial charge on any atom is -0.481 e. The number of carboxylic acid groups (broad SMARTS) is 1. The second kappa shape index (κ2) is 4.88. The zero-order valence-electron chi connectivity index (χ0n) is 11.1. The van der Waals surface area contributed by atoms with Gasteiger partial charge in [-0.05, 0) is 32.6 Å². The largest absolute Gasteiger partial charge is 0.481 e. The average Bonchev–Trinajstić information content (AvgIpc) is 3.04. The van der Waals surface area contributed by atoms with Crippen LogP contribution in [0.1, 0.15) is 39.5 Å². The van der Waals surface area contributed by atoms with E-state index in [0.29, 0.717) is 32.0 Å². The Balaban J connectivity index is 1.94. The Bertz CT molecular complexity index is 354. The first-order chi connectivity index (χ1) is 8.48. The molecule has 2 unspecified atom stereocenters. The molecular formula is C13H22N2O3. The van der Waals surface area contributed by atoms with Gasteiger partial charge < -0.3 is 10.4 Å². The fraction of sp³-hybridized carbons (Fsp3) is 0.846. The average molecular weight is 254 g/mol. The van der Waals surface area contributed by atoms with Crippen LogP contribution >= 0.6 is 0 Å². The van der Waals surface area contributed by atoms with E-state index in [4.69, 9.17) is 0 Å². The monoisotopic (exact) mass is 254 g/mol. The Morgan fingerprint density at radius 3 is 2.61 bits per heavy atom. The molecule has 1 heterocycles. The smallest absolute Gasteiger partial charge is 0.310 e. The first kappa shape index (κ1) is 13.3. The van der Waals surface area contributed by atoms with Gasteiger partial charge >= 0.3 is 5.97 Å². The van der Waals surface area contributed by atoms with Gasteiger partial charge in [0, 0.05) is 19.1 Å². The van der Waals surface area contributed by atoms with Crippen LogP contribution in [0.5, 0.6) is 0 Å². The number of nitrogens with zero attached hydrogens (tertiary/aromatic N) is 1. The molecule has 0 aromatic rings. The van der Waals surface area contributed by atoms with Gasteiger partial charge in [-0.15, -0.1) is 0 Å². The third-order valence-corrected chi connectivity index (χ3v) is 4.36. The molecule has 102 valence electrons. The lowest BCUT2D eigenvalue weighted by Crippen LogP contribution is -2.46. The van der Waals surface area contributed by atoms with Crippen LogP contribution in [0.25, 0.3) is 0 Å². The Kier molecular flexibility index (Phi) is 3.61. The molecule has 1 aliphatic carbocycles. The number of hydrogen-bond donors (Lipinski definition) is 2. The number of aliphatic carboxylic acids is 1. The standard InChI is InChI=1S/C13H22N2O3/c1-3-13(12(17)18)6-7-15(8-13)9(2)11(16)14-10-4-5-10/h9-10H,3-8H2,1-2H3,(H,14,16)(H,17,18). The van der Waals surface area contributed by atoms with Crippen LogP contribution in [-0.2, 0) is 9.59 Å². The molecule has 0 aromatic carbocycles. The van der Waals surface area contributed by atoms with E-state index in [2.05, 4.69) is 5.32 Å². The molecule has 2 atom stereocenters. The topological polar surface area (TPSA) is 69.6 Å². The van der Waals surface area contributed by atoms with Crippen molar-refractivity contribution in [3.05, 3.63) is 0 Å². The van der Waals surface area contributed by atoms with E-state index >= 15 is 0 Å². The van der Waals surface area contributed by atoms with E-state index in [9.17, 15) is 14.7 Å². The number of nitrogens with one attached hydrogen (secondary N) is 1. The van der Waals surface area contributed by atoms with Crippen molar-refractivity contribution in [2.45, 2.75) is 51.6 Å². The Morgan fingerprint density at radius 2 is 2.17 bits per heavy atom. The van der Waals surface area contributed by atoms with Gasteiger partial charge in [-0.25, -0.2) is 0 Å². The normalized spacial score (nSPS) is 30.1. The van der Waals surface area contributed by atoms with Crippen molar-refractivity contribution in [1.29, 1.82) is 0 Å². The predicted octanol–water partition coefficient (Wildman–Crippen LogP) is 0.840. The maximum atomic E-state index is 11.9. The molecule has 5 heteroatoms. The highest BCUT2D eigenvalue weighted by Gasteiger charge is 2.45. The van der Waals surface area contributed by atoms with E-state index in [0.717, 1.165) is 12.8 Å². The van der Waals surface area contributed by atoms with Crippen LogP contribution in [0.15, 0.2) is 0 Å². The molecular weight excluding hydrogens is 232 g/mol. The van der Waals surface area contributed by atoms with Gasteiger partial charge in [-0.2, -0.15) is 0 Å². The van der Waals surface area contributed by atoms with Crippen molar-refractivity contribution < 1.29 is 14.7 Å². The molecule has 1 saturated heterocycles. The summed E-state index contributed by atoms with van der Waals surface area (Å²) in [5, 5.41) is 12.3. The van der Waals surface area contributed by atoms with Gasteiger partial charge in [-0.3, -0.25) is 14.5 Å². The molecule has 0 radical (unpaired) electrons. The molecule has 0 aromatic heterocycles. The van der Waals surface area contributed by atoms with Crippen molar-refractivity contribution >= 4 is 11.9 Å². The number of rotatable bonds is 5. The fourth-order valence-corrected chi connectivity index (χ4v) is 2.56. The quantitative estimate of drug-likeness (QED) is 0.763. The molecule has 5 nitrogen and oxygen atoms in total. The highest BCUT2D eigenvalue weighted by atomic mass is 16.4. The third-order valence-electron chi connectivity index (χ3n) is 4.36. The lowest BCUT2D eigenvalue weighted by Gasteiger charge is -2.26. The van der Waals surface area contributed by atoms with Crippen LogP contribution in [0.4, 0.5) is 0 Å². The zero-order chi connectivity index (χ0) is 13.3. The lowest BCUT2D eigenvalue weighted by molar-refractivity contribution is -0.148. The van der Waals surface area contributed by atoms with Crippen LogP contribution in [0.3, 0.4) is 0 Å². The van der Waals surface area contributed by atoms with Gasteiger partial charge in [-0.1, -0.05) is 6.92 Å². The molecule has 0 spiro atoms. The minimum absolute atomic E-state index is 0.0368. The summed E-state index contributed by atoms with van der Waals surface area (Å²) < 4.78 is 0. The van der Waals surface area contributed by atoms with Crippen molar-refractivity contribution in [3.63, 3.8) is 0 Å². The van der Waals surface area contributed by atoms with Gasteiger partial charge in [0.1, 0.15) is 0 Å². The summed E-state index contributed by atoms with van der Waals surface area (Å²) >= 11 is 0. The van der Waals surface area contributed by atoms with Crippen LogP contribution in [0.2, 0.25) is 0 Å². The maximum absolute atomic E-state index is 11.9. The first-order valence-corrected chi connectivity index (χ1v) is 6.76. The van der Waals surface area contributed by atoms with Gasteiger partial charge in [0.05, 0.1) is 11.5 Å². The van der Waals surface area contributed by atoms with E-state index < -0.39 is 11.4 Å². The number of amides is 1. The highest BCUT2D eigenvalue weighted by molar-refractivity contribution is 5.82. The van der Waals surface area contributed by atoms with Gasteiger partial charge in [0.2, 0.25) is 5.91 Å². The predicted molar refractivity (Wildman–Crippen MR) is 67.2 cm³/mol. The summed E-state index contributed by atoms with van der Waals surface area (Å²) in [5.41, 5.74) is -0.659. The third kappa shape index (κ3) is 2.51. The summed E-state index contributed by atoms with van der Waals surface area (Å²) in [6.45, 7) is 4.95. The number of carbonyl (C=O) groups is 2. The molecule has 2 rings (SSSR count). The molecule has 18 heavy (non-hydrogen) atoms. The van der Waals surface area contributed by atoms with Crippen LogP contribution < -0.4 is 5.32 Å². The summed E-state index contributed by atoms with van der Waals surface area (Å²) in [6.07, 6.45) is 3.41. The van der Waals surface area contributed by atoms with E-state index in [1.807, 2.05) is 18.7 Å². The molecule has 2 fully saturated rings. The Morgan fingerprint density at radius 1 is 1.50 bits per heavy atom. The number of likely N-dealkylation sites (tertiary alicyclic amines) is 1. The number of carboxylic acids is 1. The molecule has 1 aliphatic heterocycles. The van der Waals surface area contributed by atoms with Crippen molar-refractivity contribution in [3.8, 4) is 0 Å². The molecule has 2 aliphatic rings. The fourth-order valence-electron chi connectivity index (χ4n) is 2.56. The Hall–Kier alpha value is -1.10. The Labute approximate surface area is 108 Å². The number of carbonyl (C=O) groups excluding carboxylic acids is 1. The van der Waals surface area contributed by atoms with E-state index in [1.165, 1.54) is 0 Å². The molecule has 1 saturated carbocycles. The van der Waals surface area contributed by atoms with Crippen LogP contribution in [-0.4, -0.2) is 47.1 Å². The second-order valence-electron chi connectivity index (χ2n) is 5.62. The van der Waals surface area contributed by atoms with Crippen molar-refractivity contribution in [2.24, 2.45) is 5.41 Å². The van der Waals surface area contributed by atoms with Gasteiger partial charge in [0.25, 0.3) is 0 Å². The summed E-state index contributed by atoms with van der Waals surface area (Å²) in [7, 11) is 0. The lowest BCUT2D eigenvalue weighted by atomic mass is 9.84. The first-order valence-electron chi connectivity index (χ1n) is 6.76. The second-order valence-corrected chi connectivity index (χ2v) is 5.62. The number of hydrogen-bond acceptors (Lipinski definition) is 3. The SMILES string of the molecule is CCC1(C(=O)O)CCN(C(C)C(=O)NC2CC2)C1. The summed E-state index contributed by atoms with van der Waals surface area (Å²) in [5.74, 6) is -0.697. The van der Waals surface area contributed by atoms with Crippen LogP contribution in [0, 0.1) is 5.41 Å². The summed E-state index contributed by atoms with van der Waals surface area (Å²) in [4.78, 5) is 25.3.